The van der Waals surface area contributed by atoms with Gasteiger partial charge in [-0.05, 0) is 34.1 Å². The van der Waals surface area contributed by atoms with E-state index in [-0.39, 0.29) is 0 Å². The lowest BCUT2D eigenvalue weighted by molar-refractivity contribution is 0.342. The maximum atomic E-state index is 5.84. The Morgan fingerprint density at radius 1 is 1.47 bits per heavy atom. The number of ether oxygens (including phenoxy) is 1. The molecule has 0 N–H and O–H groups in total. The maximum absolute atomic E-state index is 5.84. The molecular weight excluding hydrogens is 344 g/mol. The highest BCUT2D eigenvalue weighted by atomic mass is 79.9. The molecule has 2 rings (SSSR count). The molecule has 0 saturated carbocycles. The molecule has 0 unspecified atom stereocenters. The molecule has 1 heterocycles. The molecule has 0 atom stereocenters. The van der Waals surface area contributed by atoms with Crippen molar-refractivity contribution in [2.45, 2.75) is 4.34 Å². The first kappa shape index (κ1) is 13.1. The van der Waals surface area contributed by atoms with E-state index in [0.29, 0.717) is 11.6 Å². The zero-order chi connectivity index (χ0) is 12.1. The summed E-state index contributed by atoms with van der Waals surface area (Å²) in [6, 6.07) is 5.47. The number of halogens is 2. The summed E-state index contributed by atoms with van der Waals surface area (Å²) in [6.07, 6.45) is 0. The van der Waals surface area contributed by atoms with Crippen molar-refractivity contribution >= 4 is 50.6 Å². The van der Waals surface area contributed by atoms with Gasteiger partial charge in [0.15, 0.2) is 4.34 Å². The fourth-order valence-corrected chi connectivity index (χ4v) is 3.27. The molecule has 1 aromatic carbocycles. The lowest BCUT2D eigenvalue weighted by Gasteiger charge is -2.07. The van der Waals surface area contributed by atoms with E-state index in [1.807, 2.05) is 12.1 Å². The number of hydrogen-bond acceptors (Lipinski definition) is 5. The van der Waals surface area contributed by atoms with E-state index in [4.69, 9.17) is 16.3 Å². The van der Waals surface area contributed by atoms with Gasteiger partial charge in [0.1, 0.15) is 11.3 Å². The second-order valence-corrected chi connectivity index (χ2v) is 6.44. The van der Waals surface area contributed by atoms with Gasteiger partial charge in [0.2, 0.25) is 0 Å². The van der Waals surface area contributed by atoms with Gasteiger partial charge in [0, 0.05) is 10.8 Å². The van der Waals surface area contributed by atoms with E-state index in [9.17, 15) is 0 Å². The van der Waals surface area contributed by atoms with Crippen molar-refractivity contribution in [3.8, 4) is 5.75 Å². The predicted molar refractivity (Wildman–Crippen MR) is 75.3 cm³/mol. The molecule has 1 aromatic heterocycles. The summed E-state index contributed by atoms with van der Waals surface area (Å²) >= 11 is 12.4. The number of thioether (sulfide) groups is 1. The Bertz CT molecular complexity index is 481. The lowest BCUT2D eigenvalue weighted by atomic mass is 10.3. The van der Waals surface area contributed by atoms with Crippen molar-refractivity contribution in [1.82, 2.24) is 10.2 Å². The monoisotopic (exact) mass is 350 g/mol. The van der Waals surface area contributed by atoms with E-state index >= 15 is 0 Å². The minimum Gasteiger partial charge on any atom is -0.492 e. The molecule has 0 spiro atoms. The summed E-state index contributed by atoms with van der Waals surface area (Å²) in [5.74, 6) is 1.64. The average molecular weight is 352 g/mol. The van der Waals surface area contributed by atoms with Gasteiger partial charge in [-0.1, -0.05) is 34.7 Å². The topological polar surface area (TPSA) is 35.0 Å². The molecular formula is C10H8BrClN2OS2. The predicted octanol–water partition coefficient (Wildman–Crippen LogP) is 4.13. The summed E-state index contributed by atoms with van der Waals surface area (Å²) < 4.78 is 7.45. The number of aromatic nitrogens is 2. The highest BCUT2D eigenvalue weighted by molar-refractivity contribution is 9.10. The Morgan fingerprint density at radius 3 is 3.06 bits per heavy atom. The van der Waals surface area contributed by atoms with Crippen LogP contribution in [0.15, 0.2) is 32.5 Å². The highest BCUT2D eigenvalue weighted by Gasteiger charge is 2.02. The molecule has 17 heavy (non-hydrogen) atoms. The Hall–Kier alpha value is -0.300. The Kier molecular flexibility index (Phi) is 5.09. The number of benzene rings is 1. The fraction of sp³-hybridized carbons (Fsp3) is 0.200. The van der Waals surface area contributed by atoms with Crippen molar-refractivity contribution in [3.05, 3.63) is 33.2 Å². The first-order chi connectivity index (χ1) is 8.25. The van der Waals surface area contributed by atoms with E-state index < -0.39 is 0 Å². The standard InChI is InChI=1S/C10H8BrClN2OS2/c11-8-5-7(12)1-2-9(8)15-3-4-16-10-14-13-6-17-10/h1-2,5-6H,3-4H2. The summed E-state index contributed by atoms with van der Waals surface area (Å²) in [5.41, 5.74) is 1.72. The maximum Gasteiger partial charge on any atom is 0.174 e. The normalized spacial score (nSPS) is 10.5. The van der Waals surface area contributed by atoms with E-state index in [1.54, 1.807) is 23.3 Å². The van der Waals surface area contributed by atoms with Crippen LogP contribution in [0.3, 0.4) is 0 Å². The van der Waals surface area contributed by atoms with Crippen LogP contribution in [0.4, 0.5) is 0 Å². The van der Waals surface area contributed by atoms with Gasteiger partial charge in [-0.3, -0.25) is 0 Å². The summed E-state index contributed by atoms with van der Waals surface area (Å²) in [7, 11) is 0. The van der Waals surface area contributed by atoms with Crippen LogP contribution in [-0.2, 0) is 0 Å². The van der Waals surface area contributed by atoms with Gasteiger partial charge in [0.25, 0.3) is 0 Å². The SMILES string of the molecule is Clc1ccc(OCCSc2nncs2)c(Br)c1. The van der Waals surface area contributed by atoms with Crippen molar-refractivity contribution in [2.75, 3.05) is 12.4 Å². The minimum atomic E-state index is 0.616. The van der Waals surface area contributed by atoms with Crippen LogP contribution in [0.2, 0.25) is 5.02 Å². The van der Waals surface area contributed by atoms with Gasteiger partial charge < -0.3 is 4.74 Å². The lowest BCUT2D eigenvalue weighted by Crippen LogP contribution is -2.00. The number of hydrogen-bond donors (Lipinski definition) is 0. The first-order valence-corrected chi connectivity index (χ1v) is 7.76. The van der Waals surface area contributed by atoms with Crippen LogP contribution in [0.25, 0.3) is 0 Å². The molecule has 90 valence electrons. The molecule has 0 fully saturated rings. The average Bonchev–Trinajstić information content (AvgIpc) is 2.79. The molecule has 0 saturated heterocycles. The Labute approximate surface area is 121 Å². The van der Waals surface area contributed by atoms with Crippen molar-refractivity contribution in [2.24, 2.45) is 0 Å². The molecule has 3 nitrogen and oxygen atoms in total. The smallest absolute Gasteiger partial charge is 0.174 e. The second kappa shape index (κ2) is 6.58. The summed E-state index contributed by atoms with van der Waals surface area (Å²) in [6.45, 7) is 0.616. The quantitative estimate of drug-likeness (QED) is 0.599. The molecule has 0 aliphatic carbocycles. The fourth-order valence-electron chi connectivity index (χ4n) is 1.10. The Balaban J connectivity index is 1.78. The minimum absolute atomic E-state index is 0.616. The van der Waals surface area contributed by atoms with Crippen LogP contribution in [-0.4, -0.2) is 22.6 Å². The van der Waals surface area contributed by atoms with Gasteiger partial charge in [-0.15, -0.1) is 10.2 Å². The van der Waals surface area contributed by atoms with E-state index in [1.165, 1.54) is 11.3 Å². The number of nitrogens with zero attached hydrogens (tertiary/aromatic N) is 2. The van der Waals surface area contributed by atoms with E-state index in [0.717, 1.165) is 20.3 Å². The van der Waals surface area contributed by atoms with Crippen molar-refractivity contribution < 1.29 is 4.74 Å². The van der Waals surface area contributed by atoms with Gasteiger partial charge in [-0.2, -0.15) is 0 Å². The van der Waals surface area contributed by atoms with Gasteiger partial charge >= 0.3 is 0 Å². The van der Waals surface area contributed by atoms with Crippen LogP contribution >= 0.6 is 50.6 Å². The molecule has 2 aromatic rings. The van der Waals surface area contributed by atoms with E-state index in [2.05, 4.69) is 26.1 Å². The van der Waals surface area contributed by atoms with Crippen molar-refractivity contribution in [1.29, 1.82) is 0 Å². The second-order valence-electron chi connectivity index (χ2n) is 2.98. The molecule has 0 aliphatic rings. The van der Waals surface area contributed by atoms with Crippen LogP contribution in [0.5, 0.6) is 5.75 Å². The number of rotatable bonds is 5. The molecule has 0 radical (unpaired) electrons. The summed E-state index contributed by atoms with van der Waals surface area (Å²) in [5, 5.41) is 8.39. The molecule has 0 amide bonds. The zero-order valence-electron chi connectivity index (χ0n) is 8.60. The third-order valence-electron chi connectivity index (χ3n) is 1.80. The van der Waals surface area contributed by atoms with Crippen LogP contribution < -0.4 is 4.74 Å². The Morgan fingerprint density at radius 2 is 2.35 bits per heavy atom. The molecule has 7 heteroatoms. The molecule has 0 aliphatic heterocycles. The third-order valence-corrected chi connectivity index (χ3v) is 4.48. The summed E-state index contributed by atoms with van der Waals surface area (Å²) in [4.78, 5) is 0. The van der Waals surface area contributed by atoms with Gasteiger partial charge in [-0.25, -0.2) is 0 Å². The highest BCUT2D eigenvalue weighted by Crippen LogP contribution is 2.28. The zero-order valence-corrected chi connectivity index (χ0v) is 12.6. The van der Waals surface area contributed by atoms with Gasteiger partial charge in [0.05, 0.1) is 11.1 Å². The molecule has 0 bridgehead atoms. The van der Waals surface area contributed by atoms with Crippen molar-refractivity contribution in [3.63, 3.8) is 0 Å². The van der Waals surface area contributed by atoms with Crippen LogP contribution in [0.1, 0.15) is 0 Å². The third kappa shape index (κ3) is 4.13. The first-order valence-electron chi connectivity index (χ1n) is 4.72. The largest absolute Gasteiger partial charge is 0.492 e. The van der Waals surface area contributed by atoms with Crippen LogP contribution in [0, 0.1) is 0 Å².